The lowest BCUT2D eigenvalue weighted by molar-refractivity contribution is 0.0948. The van der Waals surface area contributed by atoms with Crippen LogP contribution in [0, 0.1) is 17.2 Å². The van der Waals surface area contributed by atoms with E-state index in [1.807, 2.05) is 19.9 Å². The number of hydrogen-bond acceptors (Lipinski definition) is 4. The van der Waals surface area contributed by atoms with Crippen LogP contribution in [0.3, 0.4) is 0 Å². The van der Waals surface area contributed by atoms with Crippen molar-refractivity contribution in [3.63, 3.8) is 0 Å². The number of anilines is 1. The molecule has 0 saturated carbocycles. The molecule has 0 spiro atoms. The summed E-state index contributed by atoms with van der Waals surface area (Å²) in [5, 5.41) is 11.2. The number of ether oxygens (including phenoxy) is 1. The number of nitrogens with two attached hydrogens (primary N) is 1. The first-order valence-electron chi connectivity index (χ1n) is 5.72. The Kier molecular flexibility index (Phi) is 5.00. The second-order valence-electron chi connectivity index (χ2n) is 4.30. The predicted octanol–water partition coefficient (Wildman–Crippen LogP) is 1.56. The molecule has 0 aliphatic carbocycles. The van der Waals surface area contributed by atoms with Gasteiger partial charge < -0.3 is 15.8 Å². The number of rotatable bonds is 5. The average Bonchev–Trinajstić information content (AvgIpc) is 2.35. The van der Waals surface area contributed by atoms with Gasteiger partial charge in [-0.2, -0.15) is 5.26 Å². The molecule has 0 aromatic heterocycles. The Morgan fingerprint density at radius 1 is 1.56 bits per heavy atom. The molecule has 5 heteroatoms. The molecule has 0 saturated heterocycles. The van der Waals surface area contributed by atoms with Gasteiger partial charge in [-0.25, -0.2) is 0 Å². The second-order valence-corrected chi connectivity index (χ2v) is 4.30. The van der Waals surface area contributed by atoms with Crippen molar-refractivity contribution in [2.45, 2.75) is 13.8 Å². The van der Waals surface area contributed by atoms with Crippen molar-refractivity contribution in [2.24, 2.45) is 5.92 Å². The molecule has 0 aliphatic heterocycles. The molecule has 96 valence electrons. The van der Waals surface area contributed by atoms with Crippen LogP contribution < -0.4 is 15.8 Å². The number of nitrogen functional groups attached to an aromatic ring is 1. The summed E-state index contributed by atoms with van der Waals surface area (Å²) in [7, 11) is 0. The SMILES string of the molecule is CC(C)CNC(=O)c1ccc(N)c(OCC#N)c1. The molecule has 0 atom stereocenters. The molecule has 0 heterocycles. The first-order valence-corrected chi connectivity index (χ1v) is 5.72. The Morgan fingerprint density at radius 3 is 2.89 bits per heavy atom. The van der Waals surface area contributed by atoms with Crippen molar-refractivity contribution in [3.8, 4) is 11.8 Å². The average molecular weight is 247 g/mol. The third kappa shape index (κ3) is 3.98. The minimum Gasteiger partial charge on any atom is -0.477 e. The van der Waals surface area contributed by atoms with Crippen LogP contribution in [-0.4, -0.2) is 19.1 Å². The van der Waals surface area contributed by atoms with E-state index < -0.39 is 0 Å². The fourth-order valence-corrected chi connectivity index (χ4v) is 1.31. The molecule has 18 heavy (non-hydrogen) atoms. The van der Waals surface area contributed by atoms with E-state index in [1.54, 1.807) is 18.2 Å². The summed E-state index contributed by atoms with van der Waals surface area (Å²) in [4.78, 5) is 11.8. The zero-order chi connectivity index (χ0) is 13.5. The summed E-state index contributed by atoms with van der Waals surface area (Å²) >= 11 is 0. The van der Waals surface area contributed by atoms with E-state index in [0.29, 0.717) is 29.5 Å². The molecular formula is C13H17N3O2. The lowest BCUT2D eigenvalue weighted by atomic mass is 10.1. The van der Waals surface area contributed by atoms with Gasteiger partial charge in [-0.1, -0.05) is 13.8 Å². The lowest BCUT2D eigenvalue weighted by Crippen LogP contribution is -2.27. The number of hydrogen-bond donors (Lipinski definition) is 2. The van der Waals surface area contributed by atoms with Crippen LogP contribution in [0.25, 0.3) is 0 Å². The summed E-state index contributed by atoms with van der Waals surface area (Å²) in [5.74, 6) is 0.566. The maximum Gasteiger partial charge on any atom is 0.251 e. The van der Waals surface area contributed by atoms with Crippen molar-refractivity contribution < 1.29 is 9.53 Å². The number of nitriles is 1. The zero-order valence-corrected chi connectivity index (χ0v) is 10.6. The molecule has 0 radical (unpaired) electrons. The third-order valence-electron chi connectivity index (χ3n) is 2.24. The second kappa shape index (κ2) is 6.50. The van der Waals surface area contributed by atoms with Gasteiger partial charge in [0.15, 0.2) is 6.61 Å². The van der Waals surface area contributed by atoms with Crippen LogP contribution >= 0.6 is 0 Å². The van der Waals surface area contributed by atoms with E-state index >= 15 is 0 Å². The van der Waals surface area contributed by atoms with Crippen molar-refractivity contribution in [1.29, 1.82) is 5.26 Å². The van der Waals surface area contributed by atoms with Gasteiger partial charge in [0, 0.05) is 12.1 Å². The molecule has 3 N–H and O–H groups in total. The Morgan fingerprint density at radius 2 is 2.28 bits per heavy atom. The third-order valence-corrected chi connectivity index (χ3v) is 2.24. The van der Waals surface area contributed by atoms with Crippen molar-refractivity contribution in [1.82, 2.24) is 5.32 Å². The molecule has 1 rings (SSSR count). The van der Waals surface area contributed by atoms with Gasteiger partial charge in [0.25, 0.3) is 5.91 Å². The topological polar surface area (TPSA) is 88.1 Å². The zero-order valence-electron chi connectivity index (χ0n) is 10.6. The van der Waals surface area contributed by atoms with E-state index in [0.717, 1.165) is 0 Å². The number of nitrogens with zero attached hydrogens (tertiary/aromatic N) is 1. The van der Waals surface area contributed by atoms with E-state index in [4.69, 9.17) is 15.7 Å². The molecule has 5 nitrogen and oxygen atoms in total. The Balaban J connectivity index is 2.77. The molecule has 0 bridgehead atoms. The lowest BCUT2D eigenvalue weighted by Gasteiger charge is -2.10. The van der Waals surface area contributed by atoms with Crippen LogP contribution in [0.15, 0.2) is 18.2 Å². The normalized spacial score (nSPS) is 9.89. The molecular weight excluding hydrogens is 230 g/mol. The molecule has 0 unspecified atom stereocenters. The number of carbonyl (C=O) groups is 1. The van der Waals surface area contributed by atoms with Gasteiger partial charge in [-0.3, -0.25) is 4.79 Å². The summed E-state index contributed by atoms with van der Waals surface area (Å²) in [6.07, 6.45) is 0. The van der Waals surface area contributed by atoms with Crippen LogP contribution in [0.4, 0.5) is 5.69 Å². The number of nitrogens with one attached hydrogen (secondary N) is 1. The van der Waals surface area contributed by atoms with Crippen LogP contribution in [0.2, 0.25) is 0 Å². The van der Waals surface area contributed by atoms with Crippen molar-refractivity contribution >= 4 is 11.6 Å². The molecule has 0 fully saturated rings. The van der Waals surface area contributed by atoms with Gasteiger partial charge >= 0.3 is 0 Å². The number of carbonyl (C=O) groups excluding carboxylic acids is 1. The Labute approximate surface area is 107 Å². The fourth-order valence-electron chi connectivity index (χ4n) is 1.31. The smallest absolute Gasteiger partial charge is 0.251 e. The van der Waals surface area contributed by atoms with E-state index in [1.165, 1.54) is 0 Å². The highest BCUT2D eigenvalue weighted by Gasteiger charge is 2.09. The predicted molar refractivity (Wildman–Crippen MR) is 69.1 cm³/mol. The van der Waals surface area contributed by atoms with Crippen LogP contribution in [-0.2, 0) is 0 Å². The fraction of sp³-hybridized carbons (Fsp3) is 0.385. The first-order chi connectivity index (χ1) is 8.54. The molecule has 1 amide bonds. The van der Waals surface area contributed by atoms with E-state index in [2.05, 4.69) is 5.32 Å². The van der Waals surface area contributed by atoms with Crippen LogP contribution in [0.1, 0.15) is 24.2 Å². The van der Waals surface area contributed by atoms with Gasteiger partial charge in [0.1, 0.15) is 11.8 Å². The summed E-state index contributed by atoms with van der Waals surface area (Å²) < 4.78 is 5.14. The maximum absolute atomic E-state index is 11.8. The Bertz CT molecular complexity index is 464. The number of benzene rings is 1. The standard InChI is InChI=1S/C13H17N3O2/c1-9(2)8-16-13(17)10-3-4-11(15)12(7-10)18-6-5-14/h3-4,7,9H,6,8,15H2,1-2H3,(H,16,17). The maximum atomic E-state index is 11.8. The van der Waals surface area contributed by atoms with Gasteiger partial charge in [0.2, 0.25) is 0 Å². The minimum absolute atomic E-state index is 0.0960. The molecule has 0 aliphatic rings. The quantitative estimate of drug-likeness (QED) is 0.773. The van der Waals surface area contributed by atoms with E-state index in [-0.39, 0.29) is 12.5 Å². The first kappa shape index (κ1) is 13.8. The Hall–Kier alpha value is -2.22. The van der Waals surface area contributed by atoms with E-state index in [9.17, 15) is 4.79 Å². The summed E-state index contributed by atoms with van der Waals surface area (Å²) in [6, 6.07) is 6.62. The monoisotopic (exact) mass is 247 g/mol. The molecule has 1 aromatic rings. The summed E-state index contributed by atoms with van der Waals surface area (Å²) in [6.45, 7) is 4.55. The number of amides is 1. The van der Waals surface area contributed by atoms with Gasteiger partial charge in [0.05, 0.1) is 5.69 Å². The largest absolute Gasteiger partial charge is 0.477 e. The molecule has 1 aromatic carbocycles. The van der Waals surface area contributed by atoms with Crippen molar-refractivity contribution in [3.05, 3.63) is 23.8 Å². The highest BCUT2D eigenvalue weighted by Crippen LogP contribution is 2.22. The summed E-state index contributed by atoms with van der Waals surface area (Å²) in [5.41, 5.74) is 6.56. The highest BCUT2D eigenvalue weighted by atomic mass is 16.5. The van der Waals surface area contributed by atoms with Crippen LogP contribution in [0.5, 0.6) is 5.75 Å². The van der Waals surface area contributed by atoms with Gasteiger partial charge in [-0.05, 0) is 24.1 Å². The minimum atomic E-state index is -0.175. The van der Waals surface area contributed by atoms with Gasteiger partial charge in [-0.15, -0.1) is 0 Å². The van der Waals surface area contributed by atoms with Crippen molar-refractivity contribution in [2.75, 3.05) is 18.9 Å². The highest BCUT2D eigenvalue weighted by molar-refractivity contribution is 5.95.